The highest BCUT2D eigenvalue weighted by atomic mass is 16.6. The molecule has 29 heavy (non-hydrogen) atoms. The minimum absolute atomic E-state index is 0.0100. The van der Waals surface area contributed by atoms with Crippen LogP contribution in [0.4, 0.5) is 5.69 Å². The molecule has 5 aromatic rings. The topological polar surface area (TPSA) is 95.3 Å². The Kier molecular flexibility index (Phi) is 3.70. The van der Waals surface area contributed by atoms with Crippen molar-refractivity contribution in [1.82, 2.24) is 19.2 Å². The van der Waals surface area contributed by atoms with Gasteiger partial charge in [-0.25, -0.2) is 4.57 Å². The first-order chi connectivity index (χ1) is 14.1. The molecule has 0 spiro atoms. The van der Waals surface area contributed by atoms with Gasteiger partial charge in [-0.2, -0.15) is 9.50 Å². The van der Waals surface area contributed by atoms with Crippen molar-refractivity contribution in [1.29, 1.82) is 0 Å². The molecule has 0 atom stereocenters. The second-order valence-corrected chi connectivity index (χ2v) is 6.44. The SMILES string of the molecule is O=c1c2ccccc2n2nc(-c3ccc([N+](=O)[O-])cc3)nc2n1-c1ccccc1. The summed E-state index contributed by atoms with van der Waals surface area (Å²) in [6.07, 6.45) is 0. The van der Waals surface area contributed by atoms with Gasteiger partial charge in [-0.3, -0.25) is 14.9 Å². The predicted molar refractivity (Wildman–Crippen MR) is 108 cm³/mol. The van der Waals surface area contributed by atoms with Crippen molar-refractivity contribution < 1.29 is 4.92 Å². The van der Waals surface area contributed by atoms with E-state index in [0.29, 0.717) is 33.8 Å². The van der Waals surface area contributed by atoms with Crippen molar-refractivity contribution in [3.05, 3.63) is 99.3 Å². The van der Waals surface area contributed by atoms with Crippen LogP contribution in [0.1, 0.15) is 0 Å². The second-order valence-electron chi connectivity index (χ2n) is 6.44. The molecule has 0 N–H and O–H groups in total. The summed E-state index contributed by atoms with van der Waals surface area (Å²) in [7, 11) is 0. The molecule has 0 aliphatic rings. The number of non-ortho nitro benzene ring substituents is 1. The Bertz CT molecular complexity index is 1440. The van der Waals surface area contributed by atoms with Crippen LogP contribution in [0.25, 0.3) is 33.8 Å². The van der Waals surface area contributed by atoms with Gasteiger partial charge in [0.25, 0.3) is 11.2 Å². The molecular weight excluding hydrogens is 370 g/mol. The molecule has 0 aliphatic carbocycles. The van der Waals surface area contributed by atoms with E-state index < -0.39 is 4.92 Å². The number of hydrogen-bond acceptors (Lipinski definition) is 5. The van der Waals surface area contributed by atoms with Crippen molar-refractivity contribution in [2.75, 3.05) is 0 Å². The number of aromatic nitrogens is 4. The molecule has 0 fully saturated rings. The van der Waals surface area contributed by atoms with Gasteiger partial charge < -0.3 is 0 Å². The molecule has 0 aliphatic heterocycles. The molecule has 2 aromatic heterocycles. The Balaban J connectivity index is 1.83. The number of nitro groups is 1. The molecule has 0 saturated heterocycles. The number of rotatable bonds is 3. The third-order valence-electron chi connectivity index (χ3n) is 4.71. The number of nitrogens with zero attached hydrogens (tertiary/aromatic N) is 5. The van der Waals surface area contributed by atoms with Crippen LogP contribution in [0.2, 0.25) is 0 Å². The first-order valence-corrected chi connectivity index (χ1v) is 8.84. The van der Waals surface area contributed by atoms with E-state index >= 15 is 0 Å². The number of hydrogen-bond donors (Lipinski definition) is 0. The molecule has 3 aromatic carbocycles. The smallest absolute Gasteiger partial charge is 0.268 e. The summed E-state index contributed by atoms with van der Waals surface area (Å²) in [6.45, 7) is 0. The molecule has 0 saturated carbocycles. The van der Waals surface area contributed by atoms with E-state index in [-0.39, 0.29) is 11.2 Å². The van der Waals surface area contributed by atoms with E-state index in [1.54, 1.807) is 28.8 Å². The van der Waals surface area contributed by atoms with E-state index in [1.807, 2.05) is 42.5 Å². The number of fused-ring (bicyclic) bond motifs is 3. The van der Waals surface area contributed by atoms with Gasteiger partial charge in [0.15, 0.2) is 5.82 Å². The molecule has 2 heterocycles. The highest BCUT2D eigenvalue weighted by molar-refractivity contribution is 5.81. The Labute approximate surface area is 163 Å². The van der Waals surface area contributed by atoms with Crippen molar-refractivity contribution in [2.24, 2.45) is 0 Å². The second kappa shape index (κ2) is 6.38. The van der Waals surface area contributed by atoms with Crippen molar-refractivity contribution in [2.45, 2.75) is 0 Å². The Morgan fingerprint density at radius 2 is 1.55 bits per heavy atom. The summed E-state index contributed by atoms with van der Waals surface area (Å²) in [4.78, 5) is 28.3. The lowest BCUT2D eigenvalue weighted by Crippen LogP contribution is -2.21. The molecular formula is C21H13N5O3. The van der Waals surface area contributed by atoms with Gasteiger partial charge in [0.2, 0.25) is 5.78 Å². The molecule has 0 amide bonds. The Morgan fingerprint density at radius 3 is 2.28 bits per heavy atom. The zero-order chi connectivity index (χ0) is 20.0. The minimum atomic E-state index is -0.457. The number of nitro benzene ring substituents is 1. The highest BCUT2D eigenvalue weighted by Gasteiger charge is 2.17. The average molecular weight is 383 g/mol. The minimum Gasteiger partial charge on any atom is -0.268 e. The van der Waals surface area contributed by atoms with E-state index in [1.165, 1.54) is 16.7 Å². The van der Waals surface area contributed by atoms with Gasteiger partial charge in [-0.1, -0.05) is 30.3 Å². The fourth-order valence-corrected chi connectivity index (χ4v) is 3.32. The third-order valence-corrected chi connectivity index (χ3v) is 4.71. The van der Waals surface area contributed by atoms with Gasteiger partial charge in [0.05, 0.1) is 21.5 Å². The maximum atomic E-state index is 13.2. The van der Waals surface area contributed by atoms with E-state index in [4.69, 9.17) is 0 Å². The maximum Gasteiger partial charge on any atom is 0.269 e. The highest BCUT2D eigenvalue weighted by Crippen LogP contribution is 2.22. The van der Waals surface area contributed by atoms with Crippen LogP contribution in [-0.2, 0) is 0 Å². The third kappa shape index (κ3) is 2.66. The molecule has 140 valence electrons. The lowest BCUT2D eigenvalue weighted by atomic mass is 10.2. The molecule has 0 unspecified atom stereocenters. The fourth-order valence-electron chi connectivity index (χ4n) is 3.32. The van der Waals surface area contributed by atoms with Crippen LogP contribution in [-0.4, -0.2) is 24.1 Å². The lowest BCUT2D eigenvalue weighted by Gasteiger charge is -2.09. The summed E-state index contributed by atoms with van der Waals surface area (Å²) in [6, 6.07) is 22.4. The molecule has 8 nitrogen and oxygen atoms in total. The normalized spacial score (nSPS) is 11.2. The summed E-state index contributed by atoms with van der Waals surface area (Å²) in [5.41, 5.74) is 1.73. The quantitative estimate of drug-likeness (QED) is 0.350. The average Bonchev–Trinajstić information content (AvgIpc) is 3.20. The van der Waals surface area contributed by atoms with E-state index in [2.05, 4.69) is 10.1 Å². The van der Waals surface area contributed by atoms with Crippen LogP contribution in [0.5, 0.6) is 0 Å². The van der Waals surface area contributed by atoms with Crippen LogP contribution >= 0.6 is 0 Å². The van der Waals surface area contributed by atoms with Crippen LogP contribution in [0, 0.1) is 10.1 Å². The van der Waals surface area contributed by atoms with Gasteiger partial charge in [0.1, 0.15) is 0 Å². The summed E-state index contributed by atoms with van der Waals surface area (Å²) in [5.74, 6) is 0.744. The molecule has 8 heteroatoms. The Morgan fingerprint density at radius 1 is 0.862 bits per heavy atom. The van der Waals surface area contributed by atoms with E-state index in [9.17, 15) is 14.9 Å². The number of para-hydroxylation sites is 2. The van der Waals surface area contributed by atoms with Crippen LogP contribution in [0.3, 0.4) is 0 Å². The standard InChI is InChI=1S/C21H13N5O3/c27-20-17-8-4-5-9-18(17)25-21(24(20)15-6-2-1-3-7-15)22-19(23-25)14-10-12-16(13-11-14)26(28)29/h1-13H. The molecule has 5 rings (SSSR count). The lowest BCUT2D eigenvalue weighted by molar-refractivity contribution is -0.384. The van der Waals surface area contributed by atoms with Gasteiger partial charge >= 0.3 is 0 Å². The van der Waals surface area contributed by atoms with Crippen molar-refractivity contribution >= 4 is 22.4 Å². The summed E-state index contributed by atoms with van der Waals surface area (Å²) in [5, 5.41) is 16.0. The predicted octanol–water partition coefficient (Wildman–Crippen LogP) is 3.61. The van der Waals surface area contributed by atoms with Crippen LogP contribution < -0.4 is 5.56 Å². The Hall–Kier alpha value is -4.33. The number of benzene rings is 3. The van der Waals surface area contributed by atoms with Gasteiger partial charge in [0, 0.05) is 17.7 Å². The zero-order valence-electron chi connectivity index (χ0n) is 15.0. The van der Waals surface area contributed by atoms with Gasteiger partial charge in [-0.15, -0.1) is 5.10 Å². The monoisotopic (exact) mass is 383 g/mol. The molecule has 0 radical (unpaired) electrons. The molecule has 0 bridgehead atoms. The maximum absolute atomic E-state index is 13.2. The zero-order valence-corrected chi connectivity index (χ0v) is 15.0. The van der Waals surface area contributed by atoms with E-state index in [0.717, 1.165) is 0 Å². The fraction of sp³-hybridized carbons (Fsp3) is 0. The first kappa shape index (κ1) is 16.8. The summed E-state index contributed by atoms with van der Waals surface area (Å²) >= 11 is 0. The van der Waals surface area contributed by atoms with Crippen LogP contribution in [0.15, 0.2) is 83.7 Å². The van der Waals surface area contributed by atoms with Gasteiger partial charge in [-0.05, 0) is 36.4 Å². The van der Waals surface area contributed by atoms with Crippen molar-refractivity contribution in [3.63, 3.8) is 0 Å². The largest absolute Gasteiger partial charge is 0.269 e. The summed E-state index contributed by atoms with van der Waals surface area (Å²) < 4.78 is 3.14. The first-order valence-electron chi connectivity index (χ1n) is 8.84. The van der Waals surface area contributed by atoms with Crippen molar-refractivity contribution in [3.8, 4) is 17.1 Å².